The Labute approximate surface area is 201 Å². The van der Waals surface area contributed by atoms with E-state index in [4.69, 9.17) is 9.26 Å². The number of hydrogen-bond acceptors (Lipinski definition) is 7. The number of ether oxygens (including phenoxy) is 1. The van der Waals surface area contributed by atoms with E-state index in [1.807, 2.05) is 29.2 Å². The van der Waals surface area contributed by atoms with Crippen LogP contribution in [0.1, 0.15) is 59.2 Å². The van der Waals surface area contributed by atoms with E-state index in [-0.39, 0.29) is 17.9 Å². The Morgan fingerprint density at radius 3 is 2.57 bits per heavy atom. The molecule has 0 atom stereocenters. The van der Waals surface area contributed by atoms with Crippen molar-refractivity contribution >= 4 is 5.91 Å². The van der Waals surface area contributed by atoms with Gasteiger partial charge >= 0.3 is 11.1 Å². The van der Waals surface area contributed by atoms with Crippen molar-refractivity contribution in [2.45, 2.75) is 51.1 Å². The fraction of sp³-hybridized carbons (Fsp3) is 0.480. The Morgan fingerprint density at radius 1 is 1.14 bits per heavy atom. The first-order valence-corrected chi connectivity index (χ1v) is 12.0. The summed E-state index contributed by atoms with van der Waals surface area (Å²) in [6.45, 7) is 1.83. The van der Waals surface area contributed by atoms with Gasteiger partial charge in [-0.05, 0) is 48.8 Å². The molecule has 0 bridgehead atoms. The van der Waals surface area contributed by atoms with Crippen LogP contribution in [0.3, 0.4) is 0 Å². The maximum atomic E-state index is 12.9. The molecular weight excluding hydrogens is 450 g/mol. The van der Waals surface area contributed by atoms with Crippen molar-refractivity contribution in [1.82, 2.24) is 24.4 Å². The van der Waals surface area contributed by atoms with E-state index in [0.717, 1.165) is 42.8 Å². The van der Waals surface area contributed by atoms with Crippen LogP contribution in [0.25, 0.3) is 0 Å². The zero-order chi connectivity index (χ0) is 24.2. The van der Waals surface area contributed by atoms with E-state index in [1.165, 1.54) is 9.25 Å². The molecular formula is C25H27N5O5. The quantitative estimate of drug-likeness (QED) is 0.515. The summed E-state index contributed by atoms with van der Waals surface area (Å²) < 4.78 is 13.3. The first-order valence-electron chi connectivity index (χ1n) is 12.0. The van der Waals surface area contributed by atoms with Crippen molar-refractivity contribution in [3.63, 3.8) is 0 Å². The van der Waals surface area contributed by atoms with Gasteiger partial charge in [-0.25, -0.2) is 4.68 Å². The molecule has 3 aliphatic rings. The molecule has 1 amide bonds. The van der Waals surface area contributed by atoms with Gasteiger partial charge in [0.15, 0.2) is 5.69 Å². The molecule has 6 rings (SSSR count). The first kappa shape index (κ1) is 21.8. The molecule has 3 aromatic rings. The predicted octanol–water partition coefficient (Wildman–Crippen LogP) is 1.81. The number of benzene rings is 1. The second-order valence-electron chi connectivity index (χ2n) is 9.98. The number of hydrogen-bond donors (Lipinski definition) is 0. The lowest BCUT2D eigenvalue weighted by atomic mass is 9.77. The third-order valence-corrected chi connectivity index (χ3v) is 7.57. The Morgan fingerprint density at radius 2 is 1.89 bits per heavy atom. The smallest absolute Gasteiger partial charge is 0.332 e. The van der Waals surface area contributed by atoms with E-state index in [0.29, 0.717) is 43.5 Å². The van der Waals surface area contributed by atoms with Gasteiger partial charge in [-0.3, -0.25) is 19.0 Å². The molecule has 2 fully saturated rings. The monoisotopic (exact) mass is 477 g/mol. The van der Waals surface area contributed by atoms with E-state index in [1.54, 1.807) is 13.2 Å². The van der Waals surface area contributed by atoms with Gasteiger partial charge in [-0.1, -0.05) is 17.3 Å². The number of carbonyl (C=O) groups excluding carboxylic acids is 1. The van der Waals surface area contributed by atoms with Crippen LogP contribution in [-0.4, -0.2) is 50.5 Å². The molecule has 182 valence electrons. The maximum absolute atomic E-state index is 12.9. The number of amides is 1. The molecule has 1 saturated carbocycles. The lowest BCUT2D eigenvalue weighted by molar-refractivity contribution is 0.0566. The minimum absolute atomic E-state index is 0.111. The number of likely N-dealkylation sites (tertiary alicyclic amines) is 1. The molecule has 10 nitrogen and oxygen atoms in total. The highest BCUT2D eigenvalue weighted by Crippen LogP contribution is 2.41. The molecule has 1 saturated heterocycles. The molecule has 0 unspecified atom stereocenters. The average molecular weight is 478 g/mol. The number of fused-ring (bicyclic) bond motifs is 1. The molecule has 1 spiro atoms. The van der Waals surface area contributed by atoms with Crippen LogP contribution in [0, 0.1) is 5.41 Å². The summed E-state index contributed by atoms with van der Waals surface area (Å²) in [6, 6.07) is 9.12. The number of carbonyl (C=O) groups is 1. The zero-order valence-electron chi connectivity index (χ0n) is 19.6. The number of rotatable bonds is 5. The minimum atomic E-state index is -0.619. The third kappa shape index (κ3) is 3.96. The van der Waals surface area contributed by atoms with Gasteiger partial charge in [-0.15, -0.1) is 0 Å². The van der Waals surface area contributed by atoms with Crippen molar-refractivity contribution in [3.8, 4) is 5.75 Å². The van der Waals surface area contributed by atoms with Crippen LogP contribution >= 0.6 is 0 Å². The van der Waals surface area contributed by atoms with Crippen LogP contribution in [-0.2, 0) is 19.5 Å². The summed E-state index contributed by atoms with van der Waals surface area (Å²) >= 11 is 0. The van der Waals surface area contributed by atoms with Crippen LogP contribution in [0.2, 0.25) is 0 Å². The highest BCUT2D eigenvalue weighted by molar-refractivity contribution is 5.92. The van der Waals surface area contributed by atoms with Crippen molar-refractivity contribution in [2.75, 3.05) is 20.2 Å². The Balaban J connectivity index is 1.16. The highest BCUT2D eigenvalue weighted by atomic mass is 16.5. The summed E-state index contributed by atoms with van der Waals surface area (Å²) in [5, 5.41) is 8.54. The molecule has 0 radical (unpaired) electrons. The fourth-order valence-electron chi connectivity index (χ4n) is 5.24. The summed E-state index contributed by atoms with van der Waals surface area (Å²) in [7, 11) is 1.60. The number of piperidine rings is 1. The van der Waals surface area contributed by atoms with Crippen molar-refractivity contribution in [1.29, 1.82) is 0 Å². The normalized spacial score (nSPS) is 18.6. The van der Waals surface area contributed by atoms with Gasteiger partial charge in [0.2, 0.25) is 0 Å². The van der Waals surface area contributed by atoms with Crippen LogP contribution in [0.5, 0.6) is 5.75 Å². The van der Waals surface area contributed by atoms with E-state index in [9.17, 15) is 14.4 Å². The Kier molecular flexibility index (Phi) is 5.12. The standard InChI is InChI=1S/C25H27N5O5/c1-34-18-6-2-16(3-7-18)14-30-24(33)23(32)29-15-25(13-21(29)26-30)8-10-28(11-9-25)22(31)19-12-20(35-27-19)17-4-5-17/h2-3,6-7,12,17H,4-5,8-11,13-15H2,1H3. The molecule has 2 aliphatic heterocycles. The summed E-state index contributed by atoms with van der Waals surface area (Å²) in [5.41, 5.74) is -0.0983. The fourth-order valence-corrected chi connectivity index (χ4v) is 5.24. The van der Waals surface area contributed by atoms with Gasteiger partial charge in [0.05, 0.1) is 13.7 Å². The minimum Gasteiger partial charge on any atom is -0.497 e. The van der Waals surface area contributed by atoms with Gasteiger partial charge < -0.3 is 14.2 Å². The Bertz CT molecular complexity index is 1390. The van der Waals surface area contributed by atoms with Gasteiger partial charge in [-0.2, -0.15) is 5.10 Å². The highest BCUT2D eigenvalue weighted by Gasteiger charge is 2.43. The van der Waals surface area contributed by atoms with E-state index >= 15 is 0 Å². The zero-order valence-corrected chi connectivity index (χ0v) is 19.6. The molecule has 10 heteroatoms. The summed E-state index contributed by atoms with van der Waals surface area (Å²) in [6.07, 6.45) is 4.27. The predicted molar refractivity (Wildman–Crippen MR) is 125 cm³/mol. The second kappa shape index (κ2) is 8.21. The lowest BCUT2D eigenvalue weighted by Gasteiger charge is -2.38. The first-order chi connectivity index (χ1) is 16.9. The third-order valence-electron chi connectivity index (χ3n) is 7.57. The lowest BCUT2D eigenvalue weighted by Crippen LogP contribution is -2.45. The summed E-state index contributed by atoms with van der Waals surface area (Å²) in [4.78, 5) is 40.4. The molecule has 1 aromatic carbocycles. The molecule has 4 heterocycles. The van der Waals surface area contributed by atoms with Gasteiger partial charge in [0.25, 0.3) is 5.91 Å². The Hall–Kier alpha value is -3.69. The number of aromatic nitrogens is 4. The number of nitrogens with zero attached hydrogens (tertiary/aromatic N) is 5. The SMILES string of the molecule is COc1ccc(Cn2nc3n(c(=O)c2=O)CC2(CCN(C(=O)c4cc(C5CC5)on4)CC2)C3)cc1. The molecule has 35 heavy (non-hydrogen) atoms. The van der Waals surface area contributed by atoms with Crippen molar-refractivity contribution in [2.24, 2.45) is 5.41 Å². The van der Waals surface area contributed by atoms with E-state index < -0.39 is 11.1 Å². The summed E-state index contributed by atoms with van der Waals surface area (Å²) in [5.74, 6) is 2.46. The molecule has 0 N–H and O–H groups in total. The average Bonchev–Trinajstić information content (AvgIpc) is 3.50. The van der Waals surface area contributed by atoms with Crippen LogP contribution in [0.4, 0.5) is 0 Å². The largest absolute Gasteiger partial charge is 0.497 e. The topological polar surface area (TPSA) is 112 Å². The van der Waals surface area contributed by atoms with Crippen LogP contribution in [0.15, 0.2) is 44.4 Å². The maximum Gasteiger partial charge on any atom is 0.332 e. The van der Waals surface area contributed by atoms with E-state index in [2.05, 4.69) is 10.3 Å². The second-order valence-corrected chi connectivity index (χ2v) is 9.98. The molecule has 1 aliphatic carbocycles. The number of methoxy groups -OCH3 is 1. The van der Waals surface area contributed by atoms with Gasteiger partial charge in [0.1, 0.15) is 17.3 Å². The van der Waals surface area contributed by atoms with Crippen molar-refractivity contribution in [3.05, 3.63) is 73.9 Å². The van der Waals surface area contributed by atoms with Crippen molar-refractivity contribution < 1.29 is 14.1 Å². The van der Waals surface area contributed by atoms with Crippen LogP contribution < -0.4 is 15.9 Å². The molecule has 2 aromatic heterocycles. The van der Waals surface area contributed by atoms with Gasteiger partial charge in [0, 0.05) is 38.0 Å².